The van der Waals surface area contributed by atoms with Gasteiger partial charge in [-0.1, -0.05) is 18.5 Å². The van der Waals surface area contributed by atoms with Crippen LogP contribution in [0.25, 0.3) is 0 Å². The minimum Gasteiger partial charge on any atom is -0.454 e. The van der Waals surface area contributed by atoms with Crippen molar-refractivity contribution < 1.29 is 14.3 Å². The van der Waals surface area contributed by atoms with Gasteiger partial charge in [0.2, 0.25) is 6.79 Å². The highest BCUT2D eigenvalue weighted by Crippen LogP contribution is 2.39. The maximum atomic E-state index is 12.2. The zero-order chi connectivity index (χ0) is 16.9. The number of fused-ring (bicyclic) bond motifs is 1. The van der Waals surface area contributed by atoms with Crippen molar-refractivity contribution in [1.82, 2.24) is 10.2 Å². The van der Waals surface area contributed by atoms with Gasteiger partial charge in [0, 0.05) is 12.1 Å². The fourth-order valence-corrected chi connectivity index (χ4v) is 3.41. The second-order valence-corrected chi connectivity index (χ2v) is 7.09. The Morgan fingerprint density at radius 1 is 1.29 bits per heavy atom. The number of rotatable bonds is 6. The number of carbonyl (C=O) groups excluding carboxylic acids is 1. The molecule has 0 aromatic heterocycles. The lowest BCUT2D eigenvalue weighted by atomic mass is 9.99. The minimum atomic E-state index is -0.123. The van der Waals surface area contributed by atoms with Crippen LogP contribution in [0.2, 0.25) is 5.02 Å². The molecule has 3 rings (SSSR count). The van der Waals surface area contributed by atoms with Crippen molar-refractivity contribution >= 4 is 17.5 Å². The summed E-state index contributed by atoms with van der Waals surface area (Å²) in [5.41, 5.74) is 0.509. The number of carbonyl (C=O) groups is 1. The van der Waals surface area contributed by atoms with E-state index in [0.29, 0.717) is 28.6 Å². The zero-order valence-corrected chi connectivity index (χ0v) is 14.9. The third-order valence-corrected chi connectivity index (χ3v) is 5.03. The predicted octanol–water partition coefficient (Wildman–Crippen LogP) is 3.31. The topological polar surface area (TPSA) is 50.8 Å². The number of unbranched alkanes of at least 4 members (excludes halogenated alkanes) is 1. The van der Waals surface area contributed by atoms with Gasteiger partial charge in [0.05, 0.1) is 5.02 Å². The molecule has 1 aromatic rings. The van der Waals surface area contributed by atoms with Crippen molar-refractivity contribution in [3.05, 3.63) is 22.7 Å². The van der Waals surface area contributed by atoms with Gasteiger partial charge < -0.3 is 19.7 Å². The van der Waals surface area contributed by atoms with Crippen LogP contribution in [0, 0.1) is 5.92 Å². The summed E-state index contributed by atoms with van der Waals surface area (Å²) < 4.78 is 10.5. The molecule has 0 spiro atoms. The Morgan fingerprint density at radius 3 is 2.88 bits per heavy atom. The molecule has 1 aromatic carbocycles. The van der Waals surface area contributed by atoms with E-state index in [1.165, 1.54) is 25.9 Å². The lowest BCUT2D eigenvalue weighted by molar-refractivity contribution is 0.0951. The molecule has 2 aliphatic rings. The summed E-state index contributed by atoms with van der Waals surface area (Å²) >= 11 is 6.11. The van der Waals surface area contributed by atoms with Crippen molar-refractivity contribution in [1.29, 1.82) is 0 Å². The molecule has 0 bridgehead atoms. The molecule has 132 valence electrons. The number of likely N-dealkylation sites (tertiary alicyclic amines) is 1. The van der Waals surface area contributed by atoms with Gasteiger partial charge in [-0.05, 0) is 63.4 Å². The summed E-state index contributed by atoms with van der Waals surface area (Å²) in [6.07, 6.45) is 4.70. The van der Waals surface area contributed by atoms with Crippen molar-refractivity contribution in [2.75, 3.05) is 33.0 Å². The van der Waals surface area contributed by atoms with E-state index >= 15 is 0 Å². The summed E-state index contributed by atoms with van der Waals surface area (Å²) in [6.45, 7) is 6.70. The van der Waals surface area contributed by atoms with Crippen LogP contribution in [0.5, 0.6) is 11.5 Å². The molecule has 6 heteroatoms. The van der Waals surface area contributed by atoms with E-state index in [1.54, 1.807) is 12.1 Å². The average molecular weight is 353 g/mol. The van der Waals surface area contributed by atoms with Gasteiger partial charge in [-0.2, -0.15) is 0 Å². The van der Waals surface area contributed by atoms with Crippen LogP contribution in [-0.4, -0.2) is 43.8 Å². The minimum absolute atomic E-state index is 0.123. The number of nitrogens with one attached hydrogen (secondary N) is 1. The Labute approximate surface area is 148 Å². The van der Waals surface area contributed by atoms with Crippen molar-refractivity contribution in [2.24, 2.45) is 5.92 Å². The predicted molar refractivity (Wildman–Crippen MR) is 94.0 cm³/mol. The second kappa shape index (κ2) is 8.08. The number of piperidine rings is 1. The normalized spacial score (nSPS) is 17.9. The Bertz CT molecular complexity index is 586. The monoisotopic (exact) mass is 352 g/mol. The maximum Gasteiger partial charge on any atom is 0.251 e. The van der Waals surface area contributed by atoms with E-state index in [-0.39, 0.29) is 12.7 Å². The molecule has 2 heterocycles. The number of hydrogen-bond donors (Lipinski definition) is 1. The molecule has 0 unspecified atom stereocenters. The third-order valence-electron chi connectivity index (χ3n) is 4.75. The number of hydrogen-bond acceptors (Lipinski definition) is 4. The van der Waals surface area contributed by atoms with Crippen molar-refractivity contribution in [2.45, 2.75) is 32.6 Å². The number of ether oxygens (including phenoxy) is 2. The first-order chi connectivity index (χ1) is 11.6. The molecule has 0 atom stereocenters. The van der Waals surface area contributed by atoms with Crippen LogP contribution in [0.4, 0.5) is 0 Å². The van der Waals surface area contributed by atoms with E-state index in [1.807, 2.05) is 0 Å². The number of benzene rings is 1. The standard InChI is InChI=1S/C18H25ClN2O3/c1-13-4-8-21(9-5-13)7-3-2-6-20-18(22)14-10-15(19)17-16(11-14)23-12-24-17/h10-11,13H,2-9,12H2,1H3,(H,20,22). The molecule has 0 radical (unpaired) electrons. The molecule has 1 fully saturated rings. The third kappa shape index (κ3) is 4.33. The van der Waals surface area contributed by atoms with Crippen molar-refractivity contribution in [3.63, 3.8) is 0 Å². The highest BCUT2D eigenvalue weighted by Gasteiger charge is 2.20. The van der Waals surface area contributed by atoms with E-state index in [4.69, 9.17) is 21.1 Å². The summed E-state index contributed by atoms with van der Waals surface area (Å²) in [5, 5.41) is 3.36. The zero-order valence-electron chi connectivity index (χ0n) is 14.1. The van der Waals surface area contributed by atoms with Gasteiger partial charge in [0.1, 0.15) is 0 Å². The van der Waals surface area contributed by atoms with Gasteiger partial charge >= 0.3 is 0 Å². The molecule has 1 amide bonds. The Balaban J connectivity index is 1.38. The lowest BCUT2D eigenvalue weighted by Crippen LogP contribution is -2.34. The second-order valence-electron chi connectivity index (χ2n) is 6.68. The van der Waals surface area contributed by atoms with Crippen molar-refractivity contribution in [3.8, 4) is 11.5 Å². The molecule has 0 aliphatic carbocycles. The first kappa shape index (κ1) is 17.4. The highest BCUT2D eigenvalue weighted by molar-refractivity contribution is 6.32. The fourth-order valence-electron chi connectivity index (χ4n) is 3.15. The summed E-state index contributed by atoms with van der Waals surface area (Å²) in [5.74, 6) is 1.80. The Kier molecular flexibility index (Phi) is 5.85. The molecule has 0 saturated carbocycles. The fraction of sp³-hybridized carbons (Fsp3) is 0.611. The Hall–Kier alpha value is -1.46. The number of halogens is 1. The van der Waals surface area contributed by atoms with Crippen LogP contribution >= 0.6 is 11.6 Å². The Morgan fingerprint density at radius 2 is 2.08 bits per heavy atom. The van der Waals surface area contributed by atoms with Crippen LogP contribution in [-0.2, 0) is 0 Å². The number of nitrogens with zero attached hydrogens (tertiary/aromatic N) is 1. The van der Waals surface area contributed by atoms with E-state index < -0.39 is 0 Å². The molecule has 1 saturated heterocycles. The molecular formula is C18H25ClN2O3. The van der Waals surface area contributed by atoms with Gasteiger partial charge in [0.25, 0.3) is 5.91 Å². The average Bonchev–Trinajstić information content (AvgIpc) is 3.05. The molecule has 5 nitrogen and oxygen atoms in total. The maximum absolute atomic E-state index is 12.2. The smallest absolute Gasteiger partial charge is 0.251 e. The summed E-state index contributed by atoms with van der Waals surface area (Å²) in [4.78, 5) is 14.7. The molecule has 24 heavy (non-hydrogen) atoms. The quantitative estimate of drug-likeness (QED) is 0.798. The molecule has 1 N–H and O–H groups in total. The van der Waals surface area contributed by atoms with Gasteiger partial charge in [0.15, 0.2) is 11.5 Å². The van der Waals surface area contributed by atoms with Crippen LogP contribution in [0.1, 0.15) is 43.0 Å². The lowest BCUT2D eigenvalue weighted by Gasteiger charge is -2.30. The molecule has 2 aliphatic heterocycles. The summed E-state index contributed by atoms with van der Waals surface area (Å²) in [7, 11) is 0. The van der Waals surface area contributed by atoms with Crippen LogP contribution < -0.4 is 14.8 Å². The van der Waals surface area contributed by atoms with Gasteiger partial charge in [-0.25, -0.2) is 0 Å². The van der Waals surface area contributed by atoms with Gasteiger partial charge in [-0.3, -0.25) is 4.79 Å². The summed E-state index contributed by atoms with van der Waals surface area (Å²) in [6, 6.07) is 3.30. The van der Waals surface area contributed by atoms with Gasteiger partial charge in [-0.15, -0.1) is 0 Å². The first-order valence-corrected chi connectivity index (χ1v) is 9.11. The molecular weight excluding hydrogens is 328 g/mol. The van der Waals surface area contributed by atoms with E-state index in [2.05, 4.69) is 17.1 Å². The van der Waals surface area contributed by atoms with E-state index in [9.17, 15) is 4.79 Å². The SMILES string of the molecule is CC1CCN(CCCCNC(=O)c2cc(Cl)c3c(c2)OCO3)CC1. The largest absolute Gasteiger partial charge is 0.454 e. The first-order valence-electron chi connectivity index (χ1n) is 8.73. The van der Waals surface area contributed by atoms with Crippen LogP contribution in [0.3, 0.4) is 0 Å². The number of amides is 1. The van der Waals surface area contributed by atoms with E-state index in [0.717, 1.165) is 25.3 Å². The van der Waals surface area contributed by atoms with Crippen LogP contribution in [0.15, 0.2) is 12.1 Å². The highest BCUT2D eigenvalue weighted by atomic mass is 35.5.